The van der Waals surface area contributed by atoms with Crippen molar-refractivity contribution in [2.45, 2.75) is 38.6 Å². The van der Waals surface area contributed by atoms with Crippen molar-refractivity contribution in [3.05, 3.63) is 29.7 Å². The topological polar surface area (TPSA) is 86.1 Å². The first-order valence-corrected chi connectivity index (χ1v) is 9.32. The Balaban J connectivity index is 1.80. The number of anilines is 1. The van der Waals surface area contributed by atoms with Gasteiger partial charge in [-0.15, -0.1) is 0 Å². The summed E-state index contributed by atoms with van der Waals surface area (Å²) in [7, 11) is 4.61. The first-order valence-electron chi connectivity index (χ1n) is 9.32. The van der Waals surface area contributed by atoms with Crippen molar-refractivity contribution in [2.24, 2.45) is 0 Å². The number of aromatic nitrogens is 1. The SMILES string of the molecule is COc1cc(NC(=O)N2CCC[C@@H]2c2cc(C(C)C)no2)cc(OC)c1OC. The smallest absolute Gasteiger partial charge is 0.322 e. The summed E-state index contributed by atoms with van der Waals surface area (Å²) in [5.41, 5.74) is 1.46. The Labute approximate surface area is 164 Å². The van der Waals surface area contributed by atoms with E-state index >= 15 is 0 Å². The zero-order chi connectivity index (χ0) is 20.3. The average molecular weight is 389 g/mol. The molecule has 2 amide bonds. The Morgan fingerprint density at radius 1 is 1.18 bits per heavy atom. The van der Waals surface area contributed by atoms with E-state index in [1.807, 2.05) is 6.07 Å². The molecule has 8 nitrogen and oxygen atoms in total. The predicted molar refractivity (Wildman–Crippen MR) is 104 cm³/mol. The molecule has 1 saturated heterocycles. The number of benzene rings is 1. The molecule has 1 fully saturated rings. The normalized spacial score (nSPS) is 16.4. The minimum absolute atomic E-state index is 0.123. The summed E-state index contributed by atoms with van der Waals surface area (Å²) in [4.78, 5) is 14.7. The Morgan fingerprint density at radius 3 is 2.39 bits per heavy atom. The number of nitrogens with one attached hydrogen (secondary N) is 1. The molecule has 28 heavy (non-hydrogen) atoms. The van der Waals surface area contributed by atoms with E-state index in [0.29, 0.717) is 29.5 Å². The molecule has 2 aromatic rings. The van der Waals surface area contributed by atoms with E-state index in [4.69, 9.17) is 18.7 Å². The molecule has 0 spiro atoms. The van der Waals surface area contributed by atoms with Gasteiger partial charge in [0.25, 0.3) is 0 Å². The van der Waals surface area contributed by atoms with Crippen LogP contribution in [0.1, 0.15) is 50.1 Å². The molecule has 1 N–H and O–H groups in total. The first-order chi connectivity index (χ1) is 13.5. The number of likely N-dealkylation sites (tertiary alicyclic amines) is 1. The molecular weight excluding hydrogens is 362 g/mol. The van der Waals surface area contributed by atoms with E-state index in [-0.39, 0.29) is 18.0 Å². The van der Waals surface area contributed by atoms with E-state index in [1.165, 1.54) is 21.3 Å². The Kier molecular flexibility index (Phi) is 5.96. The van der Waals surface area contributed by atoms with Crippen molar-refractivity contribution in [1.29, 1.82) is 0 Å². The fourth-order valence-electron chi connectivity index (χ4n) is 3.39. The number of hydrogen-bond donors (Lipinski definition) is 1. The van der Waals surface area contributed by atoms with Gasteiger partial charge in [-0.2, -0.15) is 0 Å². The summed E-state index contributed by atoms with van der Waals surface area (Å²) in [5, 5.41) is 7.05. The molecule has 0 radical (unpaired) electrons. The number of ether oxygens (including phenoxy) is 3. The van der Waals surface area contributed by atoms with Crippen LogP contribution < -0.4 is 19.5 Å². The van der Waals surface area contributed by atoms with Gasteiger partial charge in [-0.05, 0) is 18.8 Å². The Bertz CT molecular complexity index is 808. The van der Waals surface area contributed by atoms with Gasteiger partial charge in [0, 0.05) is 24.7 Å². The zero-order valence-electron chi connectivity index (χ0n) is 16.9. The lowest BCUT2D eigenvalue weighted by Crippen LogP contribution is -2.34. The lowest BCUT2D eigenvalue weighted by atomic mass is 10.1. The van der Waals surface area contributed by atoms with Crippen LogP contribution in [-0.4, -0.2) is 44.0 Å². The summed E-state index contributed by atoms with van der Waals surface area (Å²) < 4.78 is 21.5. The third-order valence-electron chi connectivity index (χ3n) is 4.90. The number of methoxy groups -OCH3 is 3. The summed E-state index contributed by atoms with van der Waals surface area (Å²) in [6, 6.07) is 5.02. The fourth-order valence-corrected chi connectivity index (χ4v) is 3.39. The average Bonchev–Trinajstić information content (AvgIpc) is 3.36. The highest BCUT2D eigenvalue weighted by atomic mass is 16.5. The molecule has 152 valence electrons. The third kappa shape index (κ3) is 3.85. The number of carbonyl (C=O) groups excluding carboxylic acids is 1. The van der Waals surface area contributed by atoms with E-state index < -0.39 is 0 Å². The number of rotatable bonds is 6. The summed E-state index contributed by atoms with van der Waals surface area (Å²) in [5.74, 6) is 2.44. The monoisotopic (exact) mass is 389 g/mol. The van der Waals surface area contributed by atoms with Crippen LogP contribution in [0.15, 0.2) is 22.7 Å². The van der Waals surface area contributed by atoms with Gasteiger partial charge < -0.3 is 29.0 Å². The molecule has 1 aliphatic rings. The summed E-state index contributed by atoms with van der Waals surface area (Å²) >= 11 is 0. The first kappa shape index (κ1) is 19.9. The lowest BCUT2D eigenvalue weighted by molar-refractivity contribution is 0.195. The van der Waals surface area contributed by atoms with Crippen LogP contribution in [0.4, 0.5) is 10.5 Å². The molecule has 1 aromatic carbocycles. The molecule has 3 rings (SSSR count). The van der Waals surface area contributed by atoms with Crippen molar-refractivity contribution in [3.63, 3.8) is 0 Å². The predicted octanol–water partition coefficient (Wildman–Crippen LogP) is 4.19. The van der Waals surface area contributed by atoms with Crippen LogP contribution in [0.25, 0.3) is 0 Å². The molecule has 0 unspecified atom stereocenters. The van der Waals surface area contributed by atoms with Crippen LogP contribution in [-0.2, 0) is 0 Å². The molecule has 0 aliphatic carbocycles. The second-order valence-electron chi connectivity index (χ2n) is 7.00. The van der Waals surface area contributed by atoms with Crippen molar-refractivity contribution in [1.82, 2.24) is 10.1 Å². The highest BCUT2D eigenvalue weighted by Gasteiger charge is 2.33. The molecule has 0 saturated carbocycles. The maximum absolute atomic E-state index is 12.9. The van der Waals surface area contributed by atoms with E-state index in [9.17, 15) is 4.79 Å². The van der Waals surface area contributed by atoms with Crippen molar-refractivity contribution in [2.75, 3.05) is 33.2 Å². The van der Waals surface area contributed by atoms with Gasteiger partial charge in [-0.25, -0.2) is 4.79 Å². The Morgan fingerprint density at radius 2 is 1.86 bits per heavy atom. The Hall–Kier alpha value is -2.90. The molecule has 1 atom stereocenters. The fraction of sp³-hybridized carbons (Fsp3) is 0.500. The van der Waals surface area contributed by atoms with Gasteiger partial charge in [-0.3, -0.25) is 0 Å². The second-order valence-corrected chi connectivity index (χ2v) is 7.00. The minimum Gasteiger partial charge on any atom is -0.493 e. The molecule has 2 heterocycles. The number of amides is 2. The maximum atomic E-state index is 12.9. The van der Waals surface area contributed by atoms with Gasteiger partial charge >= 0.3 is 6.03 Å². The molecule has 1 aliphatic heterocycles. The highest BCUT2D eigenvalue weighted by molar-refractivity contribution is 5.90. The third-order valence-corrected chi connectivity index (χ3v) is 4.90. The van der Waals surface area contributed by atoms with Gasteiger partial charge in [-0.1, -0.05) is 19.0 Å². The van der Waals surface area contributed by atoms with Crippen molar-refractivity contribution < 1.29 is 23.5 Å². The quantitative estimate of drug-likeness (QED) is 0.797. The van der Waals surface area contributed by atoms with Gasteiger partial charge in [0.1, 0.15) is 0 Å². The molecule has 1 aromatic heterocycles. The molecule has 0 bridgehead atoms. The molecular formula is C20H27N3O5. The van der Waals surface area contributed by atoms with Gasteiger partial charge in [0.2, 0.25) is 5.75 Å². The lowest BCUT2D eigenvalue weighted by Gasteiger charge is -2.23. The minimum atomic E-state index is -0.209. The van der Waals surface area contributed by atoms with Gasteiger partial charge in [0.15, 0.2) is 17.3 Å². The summed E-state index contributed by atoms with van der Waals surface area (Å²) in [6.07, 6.45) is 1.75. The van der Waals surface area contributed by atoms with Crippen molar-refractivity contribution in [3.8, 4) is 17.2 Å². The van der Waals surface area contributed by atoms with E-state index in [2.05, 4.69) is 24.3 Å². The summed E-state index contributed by atoms with van der Waals surface area (Å²) in [6.45, 7) is 4.77. The maximum Gasteiger partial charge on any atom is 0.322 e. The molecule has 8 heteroatoms. The van der Waals surface area contributed by atoms with E-state index in [0.717, 1.165) is 24.3 Å². The zero-order valence-corrected chi connectivity index (χ0v) is 16.9. The number of urea groups is 1. The highest BCUT2D eigenvalue weighted by Crippen LogP contribution is 2.40. The number of hydrogen-bond acceptors (Lipinski definition) is 6. The number of nitrogens with zero attached hydrogens (tertiary/aromatic N) is 2. The van der Waals surface area contributed by atoms with E-state index in [1.54, 1.807) is 17.0 Å². The van der Waals surface area contributed by atoms with Crippen LogP contribution in [0.3, 0.4) is 0 Å². The van der Waals surface area contributed by atoms with Crippen LogP contribution in [0, 0.1) is 0 Å². The van der Waals surface area contributed by atoms with Gasteiger partial charge in [0.05, 0.1) is 38.8 Å². The number of carbonyl (C=O) groups is 1. The van der Waals surface area contributed by atoms with Crippen LogP contribution >= 0.6 is 0 Å². The van der Waals surface area contributed by atoms with Crippen LogP contribution in [0.2, 0.25) is 0 Å². The second kappa shape index (κ2) is 8.41. The largest absolute Gasteiger partial charge is 0.493 e. The van der Waals surface area contributed by atoms with Crippen LogP contribution in [0.5, 0.6) is 17.2 Å². The van der Waals surface area contributed by atoms with Crippen molar-refractivity contribution >= 4 is 11.7 Å². The standard InChI is InChI=1S/C20H27N3O5/c1-12(2)14-11-16(28-22-14)15-7-6-8-23(15)20(24)21-13-9-17(25-3)19(27-5)18(10-13)26-4/h9-12,15H,6-8H2,1-5H3,(H,21,24)/t15-/m1/s1.